The van der Waals surface area contributed by atoms with Crippen LogP contribution in [0.25, 0.3) is 11.0 Å². The first-order valence-corrected chi connectivity index (χ1v) is 11.3. The first-order valence-electron chi connectivity index (χ1n) is 11.3. The number of benzene rings is 1. The van der Waals surface area contributed by atoms with Crippen molar-refractivity contribution in [1.29, 1.82) is 0 Å². The number of methoxy groups -OCH3 is 2. The van der Waals surface area contributed by atoms with Gasteiger partial charge in [-0.3, -0.25) is 4.79 Å². The number of rotatable bonds is 10. The van der Waals surface area contributed by atoms with Crippen molar-refractivity contribution in [2.75, 3.05) is 38.0 Å². The van der Waals surface area contributed by atoms with Gasteiger partial charge < -0.3 is 29.1 Å². The molecule has 0 fully saturated rings. The number of hydrogen-bond donors (Lipinski definition) is 2. The first-order chi connectivity index (χ1) is 17.0. The number of hydrogen-bond acceptors (Lipinski definition) is 7. The molecule has 1 unspecified atom stereocenters. The molecule has 0 spiro atoms. The lowest BCUT2D eigenvalue weighted by atomic mass is 10.0. The lowest BCUT2D eigenvalue weighted by molar-refractivity contribution is 0.0588. The van der Waals surface area contributed by atoms with E-state index in [1.165, 1.54) is 18.9 Å². The Labute approximate surface area is 203 Å². The second-order valence-electron chi connectivity index (χ2n) is 8.08. The molecule has 1 atom stereocenters. The highest BCUT2D eigenvalue weighted by Crippen LogP contribution is 2.33. The third kappa shape index (κ3) is 5.20. The first kappa shape index (κ1) is 24.0. The number of aromatic nitrogens is 2. The number of esters is 1. The van der Waals surface area contributed by atoms with Crippen LogP contribution < -0.4 is 10.6 Å². The number of anilines is 2. The molecule has 182 valence electrons. The van der Waals surface area contributed by atoms with Crippen molar-refractivity contribution in [3.8, 4) is 0 Å². The van der Waals surface area contributed by atoms with Crippen LogP contribution in [0.4, 0.5) is 11.4 Å². The number of ether oxygens (including phenoxy) is 2. The molecule has 2 N–H and O–H groups in total. The van der Waals surface area contributed by atoms with E-state index in [4.69, 9.17) is 13.9 Å². The van der Waals surface area contributed by atoms with Crippen molar-refractivity contribution in [3.63, 3.8) is 0 Å². The summed E-state index contributed by atoms with van der Waals surface area (Å²) >= 11 is 0. The third-order valence-electron chi connectivity index (χ3n) is 5.76. The standard InChI is InChI=1S/C26H28N4O5/c1-17(18-8-5-4-6-9-18)15-27-19-14-20-22(29-25(31)21-10-7-12-35-21)23(26(32)34-3)30(11-13-33-2)24(20)28-16-19/h4-10,12,14,16-17,27H,11,13,15H2,1-3H3,(H,29,31). The van der Waals surface area contributed by atoms with Crippen molar-refractivity contribution in [3.05, 3.63) is 78.0 Å². The minimum absolute atomic E-state index is 0.123. The van der Waals surface area contributed by atoms with Gasteiger partial charge in [-0.1, -0.05) is 37.3 Å². The molecule has 0 radical (unpaired) electrons. The molecular formula is C26H28N4O5. The van der Waals surface area contributed by atoms with Crippen molar-refractivity contribution in [1.82, 2.24) is 9.55 Å². The predicted molar refractivity (Wildman–Crippen MR) is 133 cm³/mol. The Hall–Kier alpha value is -4.11. The van der Waals surface area contributed by atoms with Gasteiger partial charge in [0.1, 0.15) is 5.65 Å². The average molecular weight is 477 g/mol. The Kier molecular flexibility index (Phi) is 7.47. The van der Waals surface area contributed by atoms with Gasteiger partial charge in [0.25, 0.3) is 5.91 Å². The van der Waals surface area contributed by atoms with Crippen LogP contribution in [0.2, 0.25) is 0 Å². The maximum absolute atomic E-state index is 12.8. The maximum Gasteiger partial charge on any atom is 0.356 e. The number of carbonyl (C=O) groups excluding carboxylic acids is 2. The summed E-state index contributed by atoms with van der Waals surface area (Å²) in [5, 5.41) is 6.83. The van der Waals surface area contributed by atoms with Crippen LogP contribution in [-0.4, -0.2) is 48.8 Å². The van der Waals surface area contributed by atoms with Crippen molar-refractivity contribution in [2.45, 2.75) is 19.4 Å². The number of carbonyl (C=O) groups is 2. The number of amides is 1. The molecule has 0 bridgehead atoms. The predicted octanol–water partition coefficient (Wildman–Crippen LogP) is 4.53. The zero-order valence-corrected chi connectivity index (χ0v) is 19.9. The molecule has 1 aromatic carbocycles. The fourth-order valence-corrected chi connectivity index (χ4v) is 3.91. The molecule has 4 aromatic rings. The second kappa shape index (κ2) is 10.9. The SMILES string of the molecule is COCCn1c(C(=O)OC)c(NC(=O)c2ccco2)c2cc(NCC(C)c3ccccc3)cnc21. The highest BCUT2D eigenvalue weighted by atomic mass is 16.5. The summed E-state index contributed by atoms with van der Waals surface area (Å²) in [5.41, 5.74) is 2.99. The smallest absolute Gasteiger partial charge is 0.356 e. The number of nitrogens with one attached hydrogen (secondary N) is 2. The molecule has 0 aliphatic carbocycles. The van der Waals surface area contributed by atoms with Gasteiger partial charge in [-0.15, -0.1) is 0 Å². The zero-order chi connectivity index (χ0) is 24.8. The molecule has 0 aliphatic heterocycles. The van der Waals surface area contributed by atoms with Gasteiger partial charge in [0.2, 0.25) is 0 Å². The Morgan fingerprint density at radius 2 is 1.94 bits per heavy atom. The molecule has 0 aliphatic rings. The summed E-state index contributed by atoms with van der Waals surface area (Å²) in [4.78, 5) is 30.3. The molecule has 9 nitrogen and oxygen atoms in total. The molecule has 3 heterocycles. The molecule has 0 saturated heterocycles. The van der Waals surface area contributed by atoms with Crippen molar-refractivity contribution >= 4 is 34.3 Å². The summed E-state index contributed by atoms with van der Waals surface area (Å²) in [5.74, 6) is -0.692. The largest absolute Gasteiger partial charge is 0.464 e. The molecule has 3 aromatic heterocycles. The van der Waals surface area contributed by atoms with E-state index in [0.717, 1.165) is 5.69 Å². The summed E-state index contributed by atoms with van der Waals surface area (Å²) in [6.07, 6.45) is 3.12. The average Bonchev–Trinajstić information content (AvgIpc) is 3.53. The van der Waals surface area contributed by atoms with Crippen molar-refractivity contribution < 1.29 is 23.5 Å². The van der Waals surface area contributed by atoms with Crippen molar-refractivity contribution in [2.24, 2.45) is 0 Å². The normalized spacial score (nSPS) is 11.9. The van der Waals surface area contributed by atoms with Crippen LogP contribution in [0.3, 0.4) is 0 Å². The fraction of sp³-hybridized carbons (Fsp3) is 0.269. The number of fused-ring (bicyclic) bond motifs is 1. The molecular weight excluding hydrogens is 448 g/mol. The lowest BCUT2D eigenvalue weighted by Gasteiger charge is -2.14. The van der Waals surface area contributed by atoms with Crippen LogP contribution in [0, 0.1) is 0 Å². The fourth-order valence-electron chi connectivity index (χ4n) is 3.91. The molecule has 35 heavy (non-hydrogen) atoms. The van der Waals surface area contributed by atoms with Gasteiger partial charge in [-0.2, -0.15) is 0 Å². The highest BCUT2D eigenvalue weighted by Gasteiger charge is 2.27. The minimum atomic E-state index is -0.596. The van der Waals surface area contributed by atoms with E-state index in [9.17, 15) is 9.59 Å². The molecule has 4 rings (SSSR count). The van der Waals surface area contributed by atoms with Gasteiger partial charge in [-0.25, -0.2) is 9.78 Å². The maximum atomic E-state index is 12.8. The zero-order valence-electron chi connectivity index (χ0n) is 19.9. The van der Waals surface area contributed by atoms with E-state index in [0.29, 0.717) is 36.4 Å². The molecule has 9 heteroatoms. The van der Waals surface area contributed by atoms with E-state index in [-0.39, 0.29) is 17.4 Å². The summed E-state index contributed by atoms with van der Waals surface area (Å²) in [6, 6.07) is 15.3. The Morgan fingerprint density at radius 1 is 1.14 bits per heavy atom. The summed E-state index contributed by atoms with van der Waals surface area (Å²) in [6.45, 7) is 3.51. The summed E-state index contributed by atoms with van der Waals surface area (Å²) < 4.78 is 17.2. The quantitative estimate of drug-likeness (QED) is 0.324. The minimum Gasteiger partial charge on any atom is -0.464 e. The van der Waals surface area contributed by atoms with Crippen LogP contribution in [0.5, 0.6) is 0 Å². The van der Waals surface area contributed by atoms with Gasteiger partial charge >= 0.3 is 5.97 Å². The topological polar surface area (TPSA) is 108 Å². The van der Waals surface area contributed by atoms with Crippen LogP contribution in [-0.2, 0) is 16.0 Å². The van der Waals surface area contributed by atoms with E-state index < -0.39 is 11.9 Å². The van der Waals surface area contributed by atoms with Gasteiger partial charge in [0.05, 0.1) is 37.6 Å². The summed E-state index contributed by atoms with van der Waals surface area (Å²) in [7, 11) is 2.87. The van der Waals surface area contributed by atoms with Gasteiger partial charge in [0.15, 0.2) is 11.5 Å². The molecule has 0 saturated carbocycles. The lowest BCUT2D eigenvalue weighted by Crippen LogP contribution is -2.18. The van der Waals surface area contributed by atoms with E-state index in [1.807, 2.05) is 24.3 Å². The van der Waals surface area contributed by atoms with Crippen LogP contribution in [0.1, 0.15) is 39.4 Å². The monoisotopic (exact) mass is 476 g/mol. The van der Waals surface area contributed by atoms with E-state index in [1.54, 1.807) is 30.0 Å². The Balaban J connectivity index is 1.73. The van der Waals surface area contributed by atoms with Gasteiger partial charge in [0, 0.05) is 25.6 Å². The van der Waals surface area contributed by atoms with Gasteiger partial charge in [-0.05, 0) is 29.7 Å². The number of furan rings is 1. The van der Waals surface area contributed by atoms with Crippen LogP contribution in [0.15, 0.2) is 65.4 Å². The molecule has 1 amide bonds. The number of nitrogens with zero attached hydrogens (tertiary/aromatic N) is 2. The third-order valence-corrected chi connectivity index (χ3v) is 5.76. The van der Waals surface area contributed by atoms with E-state index >= 15 is 0 Å². The Morgan fingerprint density at radius 3 is 2.63 bits per heavy atom. The number of pyridine rings is 1. The van der Waals surface area contributed by atoms with Crippen LogP contribution >= 0.6 is 0 Å². The Bertz CT molecular complexity index is 1300. The van der Waals surface area contributed by atoms with E-state index in [2.05, 4.69) is 34.7 Å². The second-order valence-corrected chi connectivity index (χ2v) is 8.08. The highest BCUT2D eigenvalue weighted by molar-refractivity contribution is 6.14.